The summed E-state index contributed by atoms with van der Waals surface area (Å²) in [6.45, 7) is 9.79. The summed E-state index contributed by atoms with van der Waals surface area (Å²) in [7, 11) is 1.27. The molecule has 4 rings (SSSR count). The molecule has 0 saturated carbocycles. The molecule has 2 N–H and O–H groups in total. The molecule has 3 heterocycles. The van der Waals surface area contributed by atoms with E-state index < -0.39 is 23.7 Å². The molecule has 0 radical (unpaired) electrons. The van der Waals surface area contributed by atoms with E-state index in [1.54, 1.807) is 32.0 Å². The van der Waals surface area contributed by atoms with Crippen LogP contribution in [0.15, 0.2) is 29.8 Å². The lowest BCUT2D eigenvalue weighted by Crippen LogP contribution is -2.38. The van der Waals surface area contributed by atoms with E-state index in [-0.39, 0.29) is 17.0 Å². The lowest BCUT2D eigenvalue weighted by atomic mass is 9.94. The molecule has 0 spiro atoms. The number of Topliss-reactive ketones (excluding diaryl/α,β-unsaturated/α-hetero) is 1. The fraction of sp³-hybridized carbons (Fsp3) is 0.464. The first-order chi connectivity index (χ1) is 18.3. The predicted molar refractivity (Wildman–Crippen MR) is 140 cm³/mol. The molecule has 38 heavy (non-hydrogen) atoms. The lowest BCUT2D eigenvalue weighted by molar-refractivity contribution is -0.140. The van der Waals surface area contributed by atoms with Gasteiger partial charge >= 0.3 is 5.97 Å². The number of aryl methyl sites for hydroxylation is 1. The number of benzene rings is 1. The van der Waals surface area contributed by atoms with Crippen molar-refractivity contribution in [3.05, 3.63) is 57.9 Å². The SMILES string of the molecule is CCOc1cccc(C2C(=C(O)c3c(C)[nH]c(C(=O)OC)c3C)C(=O)C(=O)N2CCCN2CCOCC2)c1. The molecular weight excluding hydrogens is 490 g/mol. The van der Waals surface area contributed by atoms with E-state index in [0.717, 1.165) is 19.6 Å². The number of aromatic amines is 1. The Hall–Kier alpha value is -3.63. The second kappa shape index (κ2) is 11.8. The number of likely N-dealkylation sites (tertiary alicyclic amines) is 1. The Kier molecular flexibility index (Phi) is 8.53. The van der Waals surface area contributed by atoms with Gasteiger partial charge in [-0.25, -0.2) is 4.79 Å². The van der Waals surface area contributed by atoms with E-state index in [1.165, 1.54) is 12.0 Å². The Bertz CT molecular complexity index is 1240. The average molecular weight is 526 g/mol. The summed E-state index contributed by atoms with van der Waals surface area (Å²) in [6.07, 6.45) is 0.656. The highest BCUT2D eigenvalue weighted by Gasteiger charge is 2.46. The van der Waals surface area contributed by atoms with Gasteiger partial charge in [-0.15, -0.1) is 0 Å². The van der Waals surface area contributed by atoms with Crippen LogP contribution in [0.2, 0.25) is 0 Å². The summed E-state index contributed by atoms with van der Waals surface area (Å²) in [5.41, 5.74) is 2.05. The van der Waals surface area contributed by atoms with Crippen molar-refractivity contribution < 1.29 is 33.7 Å². The molecule has 0 aliphatic carbocycles. The first-order valence-electron chi connectivity index (χ1n) is 12.9. The number of hydrogen-bond donors (Lipinski definition) is 2. The molecule has 0 bridgehead atoms. The molecule has 1 aromatic carbocycles. The van der Waals surface area contributed by atoms with Crippen molar-refractivity contribution in [3.63, 3.8) is 0 Å². The van der Waals surface area contributed by atoms with Crippen LogP contribution in [0, 0.1) is 13.8 Å². The van der Waals surface area contributed by atoms with Gasteiger partial charge in [-0.05, 0) is 50.5 Å². The largest absolute Gasteiger partial charge is 0.507 e. The monoisotopic (exact) mass is 525 g/mol. The number of morpholine rings is 1. The maximum absolute atomic E-state index is 13.4. The van der Waals surface area contributed by atoms with Crippen LogP contribution in [0.25, 0.3) is 5.76 Å². The van der Waals surface area contributed by atoms with Crippen LogP contribution in [-0.2, 0) is 19.1 Å². The number of carbonyl (C=O) groups is 3. The highest BCUT2D eigenvalue weighted by Crippen LogP contribution is 2.41. The number of hydrogen-bond acceptors (Lipinski definition) is 8. The Labute approximate surface area is 222 Å². The molecule has 2 aliphatic rings. The number of carbonyl (C=O) groups excluding carboxylic acids is 3. The zero-order valence-corrected chi connectivity index (χ0v) is 22.3. The van der Waals surface area contributed by atoms with E-state index >= 15 is 0 Å². The average Bonchev–Trinajstić information content (AvgIpc) is 3.36. The molecule has 2 saturated heterocycles. The fourth-order valence-electron chi connectivity index (χ4n) is 5.23. The zero-order chi connectivity index (χ0) is 27.4. The molecule has 204 valence electrons. The number of ether oxygens (including phenoxy) is 3. The Morgan fingerprint density at radius 3 is 2.61 bits per heavy atom. The molecule has 2 aromatic rings. The second-order valence-electron chi connectivity index (χ2n) is 9.42. The van der Waals surface area contributed by atoms with E-state index in [9.17, 15) is 19.5 Å². The van der Waals surface area contributed by atoms with Gasteiger partial charge in [0, 0.05) is 37.4 Å². The number of esters is 1. The quantitative estimate of drug-likeness (QED) is 0.222. The van der Waals surface area contributed by atoms with Crippen molar-refractivity contribution >= 4 is 23.4 Å². The molecule has 2 aliphatic heterocycles. The van der Waals surface area contributed by atoms with Crippen LogP contribution >= 0.6 is 0 Å². The van der Waals surface area contributed by atoms with Gasteiger partial charge in [0.25, 0.3) is 11.7 Å². The third kappa shape index (κ3) is 5.32. The van der Waals surface area contributed by atoms with Crippen molar-refractivity contribution in [2.75, 3.05) is 53.1 Å². The van der Waals surface area contributed by atoms with E-state index in [2.05, 4.69) is 9.88 Å². The number of nitrogens with zero attached hydrogens (tertiary/aromatic N) is 2. The predicted octanol–water partition coefficient (Wildman–Crippen LogP) is 2.96. The van der Waals surface area contributed by atoms with E-state index in [4.69, 9.17) is 14.2 Å². The number of aromatic nitrogens is 1. The maximum Gasteiger partial charge on any atom is 0.354 e. The minimum absolute atomic E-state index is 0.0170. The van der Waals surface area contributed by atoms with Crippen LogP contribution in [0.1, 0.15) is 52.3 Å². The highest BCUT2D eigenvalue weighted by molar-refractivity contribution is 6.46. The summed E-state index contributed by atoms with van der Waals surface area (Å²) in [5, 5.41) is 11.5. The van der Waals surface area contributed by atoms with Gasteiger partial charge in [0.05, 0.1) is 38.5 Å². The smallest absolute Gasteiger partial charge is 0.354 e. The standard InChI is InChI=1S/C28H35N3O7/c1-5-38-20-9-6-8-19(16-20)24-22(25(32)21-17(2)23(28(35)36-4)29-18(21)3)26(33)27(34)31(24)11-7-10-30-12-14-37-15-13-30/h6,8-9,16,24,29,32H,5,7,10-15H2,1-4H3. The van der Waals surface area contributed by atoms with Gasteiger partial charge in [-0.3, -0.25) is 14.5 Å². The number of methoxy groups -OCH3 is 1. The number of ketones is 1. The summed E-state index contributed by atoms with van der Waals surface area (Å²) < 4.78 is 15.9. The van der Waals surface area contributed by atoms with Crippen molar-refractivity contribution in [2.24, 2.45) is 0 Å². The molecule has 1 atom stereocenters. The second-order valence-corrected chi connectivity index (χ2v) is 9.42. The van der Waals surface area contributed by atoms with Gasteiger partial charge in [0.15, 0.2) is 0 Å². The Morgan fingerprint density at radius 2 is 1.92 bits per heavy atom. The normalized spacial score (nSPS) is 19.7. The minimum Gasteiger partial charge on any atom is -0.507 e. The molecule has 10 heteroatoms. The number of aliphatic hydroxyl groups excluding tert-OH is 1. The van der Waals surface area contributed by atoms with Gasteiger partial charge < -0.3 is 29.2 Å². The molecule has 2 fully saturated rings. The Balaban J connectivity index is 1.76. The molecule has 1 amide bonds. The first kappa shape index (κ1) is 27.4. The summed E-state index contributed by atoms with van der Waals surface area (Å²) in [4.78, 5) is 45.8. The molecule has 1 unspecified atom stereocenters. The number of H-pyrrole nitrogens is 1. The molecule has 1 aromatic heterocycles. The van der Waals surface area contributed by atoms with Crippen molar-refractivity contribution in [2.45, 2.75) is 33.2 Å². The van der Waals surface area contributed by atoms with Crippen LogP contribution in [0.3, 0.4) is 0 Å². The van der Waals surface area contributed by atoms with Crippen LogP contribution < -0.4 is 4.74 Å². The number of rotatable bonds is 9. The fourth-order valence-corrected chi connectivity index (χ4v) is 5.23. The Morgan fingerprint density at radius 1 is 1.18 bits per heavy atom. The molecule has 10 nitrogen and oxygen atoms in total. The van der Waals surface area contributed by atoms with E-state index in [0.29, 0.717) is 60.9 Å². The van der Waals surface area contributed by atoms with Gasteiger partial charge in [-0.2, -0.15) is 0 Å². The summed E-state index contributed by atoms with van der Waals surface area (Å²) in [5.74, 6) is -1.74. The van der Waals surface area contributed by atoms with Crippen molar-refractivity contribution in [1.29, 1.82) is 0 Å². The van der Waals surface area contributed by atoms with Crippen LogP contribution in [-0.4, -0.2) is 90.7 Å². The van der Waals surface area contributed by atoms with Gasteiger partial charge in [0.1, 0.15) is 17.2 Å². The minimum atomic E-state index is -0.810. The van der Waals surface area contributed by atoms with Crippen LogP contribution in [0.4, 0.5) is 0 Å². The number of amides is 1. The number of nitrogens with one attached hydrogen (secondary N) is 1. The molecular formula is C28H35N3O7. The summed E-state index contributed by atoms with van der Waals surface area (Å²) in [6, 6.07) is 6.41. The van der Waals surface area contributed by atoms with E-state index in [1.807, 2.05) is 13.0 Å². The van der Waals surface area contributed by atoms with Gasteiger partial charge in [-0.1, -0.05) is 12.1 Å². The van der Waals surface area contributed by atoms with Crippen molar-refractivity contribution in [1.82, 2.24) is 14.8 Å². The van der Waals surface area contributed by atoms with Crippen LogP contribution in [0.5, 0.6) is 5.75 Å². The zero-order valence-electron chi connectivity index (χ0n) is 22.3. The number of aliphatic hydroxyl groups is 1. The van der Waals surface area contributed by atoms with Gasteiger partial charge in [0.2, 0.25) is 0 Å². The first-order valence-corrected chi connectivity index (χ1v) is 12.9. The highest BCUT2D eigenvalue weighted by atomic mass is 16.5. The van der Waals surface area contributed by atoms with Crippen molar-refractivity contribution in [3.8, 4) is 5.75 Å². The lowest BCUT2D eigenvalue weighted by Gasteiger charge is -2.29. The topological polar surface area (TPSA) is 121 Å². The summed E-state index contributed by atoms with van der Waals surface area (Å²) >= 11 is 0. The maximum atomic E-state index is 13.4. The third-order valence-corrected chi connectivity index (χ3v) is 7.07. The third-order valence-electron chi connectivity index (χ3n) is 7.07.